The van der Waals surface area contributed by atoms with Crippen molar-refractivity contribution < 1.29 is 28.2 Å². The number of rotatable bonds is 4. The van der Waals surface area contributed by atoms with Crippen molar-refractivity contribution in [1.29, 1.82) is 0 Å². The quantitative estimate of drug-likeness (QED) is 0.785. The summed E-state index contributed by atoms with van der Waals surface area (Å²) in [4.78, 5) is 12.2. The van der Waals surface area contributed by atoms with Gasteiger partial charge >= 0.3 is 12.1 Å². The van der Waals surface area contributed by atoms with E-state index in [1.54, 1.807) is 6.92 Å². The fraction of sp³-hybridized carbons (Fsp3) is 0.900. The van der Waals surface area contributed by atoms with Crippen molar-refractivity contribution in [2.45, 2.75) is 25.6 Å². The molecule has 1 aliphatic rings. The van der Waals surface area contributed by atoms with Gasteiger partial charge in [-0.1, -0.05) is 6.92 Å². The SMILES string of the molecule is CCC(C(=O)O)N1CC(CO)C(C(F)(F)F)C1. The second-order valence-electron chi connectivity index (χ2n) is 4.31. The van der Waals surface area contributed by atoms with Crippen LogP contribution in [0, 0.1) is 11.8 Å². The first-order valence-corrected chi connectivity index (χ1v) is 5.45. The molecule has 2 N–H and O–H groups in total. The Kier molecular flexibility index (Phi) is 4.37. The van der Waals surface area contributed by atoms with Crippen molar-refractivity contribution in [2.24, 2.45) is 11.8 Å². The summed E-state index contributed by atoms with van der Waals surface area (Å²) in [6.07, 6.45) is -4.14. The number of nitrogens with zero attached hydrogens (tertiary/aromatic N) is 1. The second-order valence-corrected chi connectivity index (χ2v) is 4.31. The van der Waals surface area contributed by atoms with Crippen molar-refractivity contribution in [3.63, 3.8) is 0 Å². The van der Waals surface area contributed by atoms with Gasteiger partial charge in [0.2, 0.25) is 0 Å². The molecule has 4 nitrogen and oxygen atoms in total. The summed E-state index contributed by atoms with van der Waals surface area (Å²) >= 11 is 0. The van der Waals surface area contributed by atoms with Crippen LogP contribution in [0.4, 0.5) is 13.2 Å². The maximum atomic E-state index is 12.7. The van der Waals surface area contributed by atoms with Crippen molar-refractivity contribution in [1.82, 2.24) is 4.90 Å². The lowest BCUT2D eigenvalue weighted by Crippen LogP contribution is -2.40. The molecule has 3 unspecified atom stereocenters. The topological polar surface area (TPSA) is 60.8 Å². The van der Waals surface area contributed by atoms with Crippen LogP contribution in [0.15, 0.2) is 0 Å². The highest BCUT2D eigenvalue weighted by atomic mass is 19.4. The van der Waals surface area contributed by atoms with Crippen molar-refractivity contribution in [3.8, 4) is 0 Å². The number of hydrogen-bond donors (Lipinski definition) is 2. The normalized spacial score (nSPS) is 28.3. The monoisotopic (exact) mass is 255 g/mol. The third-order valence-corrected chi connectivity index (χ3v) is 3.24. The van der Waals surface area contributed by atoms with Gasteiger partial charge in [-0.3, -0.25) is 9.69 Å². The van der Waals surface area contributed by atoms with E-state index in [9.17, 15) is 18.0 Å². The molecule has 1 rings (SSSR count). The molecule has 1 fully saturated rings. The molecule has 100 valence electrons. The lowest BCUT2D eigenvalue weighted by Gasteiger charge is -2.23. The Bertz CT molecular complexity index is 282. The van der Waals surface area contributed by atoms with E-state index in [0.717, 1.165) is 0 Å². The van der Waals surface area contributed by atoms with Gasteiger partial charge in [0, 0.05) is 25.6 Å². The summed E-state index contributed by atoms with van der Waals surface area (Å²) in [5, 5.41) is 17.8. The predicted octanol–water partition coefficient (Wildman–Crippen LogP) is 0.952. The van der Waals surface area contributed by atoms with E-state index in [1.165, 1.54) is 4.90 Å². The van der Waals surface area contributed by atoms with E-state index in [-0.39, 0.29) is 19.5 Å². The summed E-state index contributed by atoms with van der Waals surface area (Å²) in [6, 6.07) is -0.906. The minimum atomic E-state index is -4.39. The van der Waals surface area contributed by atoms with Crippen LogP contribution in [0.3, 0.4) is 0 Å². The van der Waals surface area contributed by atoms with Crippen LogP contribution in [0.2, 0.25) is 0 Å². The number of carboxylic acids is 1. The van der Waals surface area contributed by atoms with Crippen LogP contribution < -0.4 is 0 Å². The van der Waals surface area contributed by atoms with Gasteiger partial charge < -0.3 is 10.2 Å². The van der Waals surface area contributed by atoms with E-state index >= 15 is 0 Å². The van der Waals surface area contributed by atoms with Gasteiger partial charge in [0.05, 0.1) is 5.92 Å². The molecule has 0 aromatic carbocycles. The van der Waals surface area contributed by atoms with E-state index in [2.05, 4.69) is 0 Å². The predicted molar refractivity (Wildman–Crippen MR) is 53.4 cm³/mol. The van der Waals surface area contributed by atoms with Crippen molar-refractivity contribution >= 4 is 5.97 Å². The molecule has 1 heterocycles. The zero-order valence-electron chi connectivity index (χ0n) is 9.44. The third-order valence-electron chi connectivity index (χ3n) is 3.24. The van der Waals surface area contributed by atoms with E-state index in [0.29, 0.717) is 0 Å². The molecule has 3 atom stereocenters. The highest BCUT2D eigenvalue weighted by Crippen LogP contribution is 2.38. The van der Waals surface area contributed by atoms with Crippen LogP contribution in [-0.2, 0) is 4.79 Å². The number of carbonyl (C=O) groups is 1. The minimum absolute atomic E-state index is 0.0223. The first kappa shape index (κ1) is 14.2. The molecular formula is C10H16F3NO3. The maximum absolute atomic E-state index is 12.7. The molecule has 7 heteroatoms. The molecule has 1 aliphatic heterocycles. The number of halogens is 3. The Labute approximate surface area is 97.0 Å². The lowest BCUT2D eigenvalue weighted by atomic mass is 9.97. The van der Waals surface area contributed by atoms with Gasteiger partial charge in [0.1, 0.15) is 6.04 Å². The van der Waals surface area contributed by atoms with Gasteiger partial charge in [0.25, 0.3) is 0 Å². The zero-order chi connectivity index (χ0) is 13.2. The summed E-state index contributed by atoms with van der Waals surface area (Å²) in [6.45, 7) is 0.676. The molecule has 0 aromatic heterocycles. The Balaban J connectivity index is 2.79. The smallest absolute Gasteiger partial charge is 0.393 e. The first-order chi connectivity index (χ1) is 7.81. The molecule has 0 amide bonds. The van der Waals surface area contributed by atoms with Crippen molar-refractivity contribution in [3.05, 3.63) is 0 Å². The summed E-state index contributed by atoms with van der Waals surface area (Å²) < 4.78 is 38.0. The second kappa shape index (κ2) is 5.22. The van der Waals surface area contributed by atoms with Crippen molar-refractivity contribution in [2.75, 3.05) is 19.7 Å². The third kappa shape index (κ3) is 3.10. The lowest BCUT2D eigenvalue weighted by molar-refractivity contribution is -0.183. The minimum Gasteiger partial charge on any atom is -0.480 e. The zero-order valence-corrected chi connectivity index (χ0v) is 9.44. The number of aliphatic hydroxyl groups excluding tert-OH is 1. The fourth-order valence-corrected chi connectivity index (χ4v) is 2.30. The highest BCUT2D eigenvalue weighted by Gasteiger charge is 2.50. The largest absolute Gasteiger partial charge is 0.480 e. The summed E-state index contributed by atoms with van der Waals surface area (Å²) in [5.41, 5.74) is 0. The standard InChI is InChI=1S/C10H16F3NO3/c1-2-8(9(16)17)14-3-6(5-15)7(4-14)10(11,12)13/h6-8,15H,2-5H2,1H3,(H,16,17). The van der Waals surface area contributed by atoms with Gasteiger partial charge in [0.15, 0.2) is 0 Å². The molecule has 0 radical (unpaired) electrons. The molecule has 0 saturated carbocycles. The first-order valence-electron chi connectivity index (χ1n) is 5.45. The van der Waals surface area contributed by atoms with Crippen LogP contribution in [-0.4, -0.2) is 53.0 Å². The number of hydrogen-bond acceptors (Lipinski definition) is 3. The maximum Gasteiger partial charge on any atom is 0.393 e. The summed E-state index contributed by atoms with van der Waals surface area (Å²) in [7, 11) is 0. The molecule has 0 spiro atoms. The van der Waals surface area contributed by atoms with E-state index in [1.807, 2.05) is 0 Å². The Morgan fingerprint density at radius 2 is 2.06 bits per heavy atom. The van der Waals surface area contributed by atoms with Gasteiger partial charge in [-0.2, -0.15) is 13.2 Å². The Hall–Kier alpha value is -0.820. The van der Waals surface area contributed by atoms with Crippen LogP contribution in [0.1, 0.15) is 13.3 Å². The Morgan fingerprint density at radius 1 is 1.47 bits per heavy atom. The molecule has 0 aliphatic carbocycles. The van der Waals surface area contributed by atoms with Crippen LogP contribution >= 0.6 is 0 Å². The number of carboxylic acid groups (broad SMARTS) is 1. The van der Waals surface area contributed by atoms with Gasteiger partial charge in [-0.15, -0.1) is 0 Å². The van der Waals surface area contributed by atoms with Gasteiger partial charge in [-0.05, 0) is 6.42 Å². The average Bonchev–Trinajstić information content (AvgIpc) is 2.61. The number of alkyl halides is 3. The molecule has 0 aromatic rings. The van der Waals surface area contributed by atoms with Crippen LogP contribution in [0.5, 0.6) is 0 Å². The molecule has 1 saturated heterocycles. The Morgan fingerprint density at radius 3 is 2.35 bits per heavy atom. The number of aliphatic hydroxyl groups is 1. The number of likely N-dealkylation sites (tertiary alicyclic amines) is 1. The highest BCUT2D eigenvalue weighted by molar-refractivity contribution is 5.73. The molecular weight excluding hydrogens is 239 g/mol. The van der Waals surface area contributed by atoms with E-state index in [4.69, 9.17) is 10.2 Å². The summed E-state index contributed by atoms with van der Waals surface area (Å²) in [5.74, 6) is -3.68. The fourth-order valence-electron chi connectivity index (χ4n) is 2.30. The average molecular weight is 255 g/mol. The van der Waals surface area contributed by atoms with Gasteiger partial charge in [-0.25, -0.2) is 0 Å². The molecule has 17 heavy (non-hydrogen) atoms. The number of aliphatic carboxylic acids is 1. The molecule has 0 bridgehead atoms. The van der Waals surface area contributed by atoms with Crippen LogP contribution in [0.25, 0.3) is 0 Å². The van der Waals surface area contributed by atoms with E-state index < -0.39 is 36.6 Å².